The Morgan fingerprint density at radius 3 is 2.47 bits per heavy atom. The van der Waals surface area contributed by atoms with Gasteiger partial charge in [0.05, 0.1) is 37.7 Å². The van der Waals surface area contributed by atoms with E-state index in [2.05, 4.69) is 22.1 Å². The average Bonchev–Trinajstić information content (AvgIpc) is 3.43. The first kappa shape index (κ1) is 24.2. The molecular formula is C30H28N4O4. The van der Waals surface area contributed by atoms with Crippen LogP contribution in [0.3, 0.4) is 0 Å². The molecule has 192 valence electrons. The summed E-state index contributed by atoms with van der Waals surface area (Å²) in [6, 6.07) is 19.6. The van der Waals surface area contributed by atoms with Gasteiger partial charge in [-0.3, -0.25) is 9.78 Å². The van der Waals surface area contributed by atoms with Crippen LogP contribution in [-0.4, -0.2) is 66.4 Å². The SMILES string of the molecule is N#Cc1cc(-c2nccc3[nH]c(-c4ccc(C(=O)N5CCOCC5)cc4)cc23)ccc1OC1CCOCC1. The lowest BCUT2D eigenvalue weighted by Gasteiger charge is -2.26. The van der Waals surface area contributed by atoms with Crippen LogP contribution >= 0.6 is 0 Å². The fourth-order valence-electron chi connectivity index (χ4n) is 5.02. The molecule has 0 aliphatic carbocycles. The van der Waals surface area contributed by atoms with Crippen molar-refractivity contribution < 1.29 is 19.0 Å². The largest absolute Gasteiger partial charge is 0.489 e. The highest BCUT2D eigenvalue weighted by atomic mass is 16.5. The Labute approximate surface area is 220 Å². The van der Waals surface area contributed by atoms with E-state index in [1.807, 2.05) is 53.4 Å². The van der Waals surface area contributed by atoms with Gasteiger partial charge in [-0.2, -0.15) is 5.26 Å². The van der Waals surface area contributed by atoms with Crippen molar-refractivity contribution in [3.63, 3.8) is 0 Å². The summed E-state index contributed by atoms with van der Waals surface area (Å²) in [6.45, 7) is 3.76. The van der Waals surface area contributed by atoms with Crippen molar-refractivity contribution in [3.8, 4) is 34.3 Å². The number of amides is 1. The summed E-state index contributed by atoms with van der Waals surface area (Å²) in [4.78, 5) is 22.7. The zero-order chi connectivity index (χ0) is 25.9. The third kappa shape index (κ3) is 4.86. The fraction of sp³-hybridized carbons (Fsp3) is 0.300. The topological polar surface area (TPSA) is 100 Å². The second kappa shape index (κ2) is 10.7. The monoisotopic (exact) mass is 508 g/mol. The van der Waals surface area contributed by atoms with Crippen molar-refractivity contribution in [1.29, 1.82) is 5.26 Å². The zero-order valence-corrected chi connectivity index (χ0v) is 21.0. The molecule has 0 radical (unpaired) electrons. The molecule has 2 aliphatic rings. The van der Waals surface area contributed by atoms with Gasteiger partial charge in [0.15, 0.2) is 0 Å². The molecule has 8 heteroatoms. The van der Waals surface area contributed by atoms with Crippen molar-refractivity contribution in [1.82, 2.24) is 14.9 Å². The number of nitriles is 1. The Bertz CT molecular complexity index is 1490. The third-order valence-corrected chi connectivity index (χ3v) is 7.12. The highest BCUT2D eigenvalue weighted by Gasteiger charge is 2.20. The van der Waals surface area contributed by atoms with Crippen LogP contribution in [0.4, 0.5) is 0 Å². The Morgan fingerprint density at radius 2 is 1.71 bits per heavy atom. The summed E-state index contributed by atoms with van der Waals surface area (Å²) < 4.78 is 16.9. The average molecular weight is 509 g/mol. The maximum Gasteiger partial charge on any atom is 0.254 e. The maximum atomic E-state index is 12.8. The van der Waals surface area contributed by atoms with Gasteiger partial charge in [0, 0.05) is 59.9 Å². The van der Waals surface area contributed by atoms with Crippen LogP contribution in [0.2, 0.25) is 0 Å². The van der Waals surface area contributed by atoms with E-state index in [-0.39, 0.29) is 12.0 Å². The van der Waals surface area contributed by atoms with Crippen LogP contribution in [0.15, 0.2) is 60.8 Å². The number of aromatic nitrogens is 2. The molecule has 38 heavy (non-hydrogen) atoms. The van der Waals surface area contributed by atoms with Crippen LogP contribution in [0.1, 0.15) is 28.8 Å². The molecule has 2 aliphatic heterocycles. The first-order chi connectivity index (χ1) is 18.7. The number of aromatic amines is 1. The van der Waals surface area contributed by atoms with Crippen molar-refractivity contribution in [2.24, 2.45) is 0 Å². The molecule has 0 spiro atoms. The number of ether oxygens (including phenoxy) is 3. The molecule has 2 aromatic carbocycles. The number of carbonyl (C=O) groups is 1. The minimum Gasteiger partial charge on any atom is -0.489 e. The second-order valence-corrected chi connectivity index (χ2v) is 9.54. The van der Waals surface area contributed by atoms with Crippen molar-refractivity contribution in [2.45, 2.75) is 18.9 Å². The summed E-state index contributed by atoms with van der Waals surface area (Å²) in [7, 11) is 0. The minimum absolute atomic E-state index is 0.0283. The van der Waals surface area contributed by atoms with E-state index in [9.17, 15) is 10.1 Å². The predicted molar refractivity (Wildman–Crippen MR) is 143 cm³/mol. The van der Waals surface area contributed by atoms with Gasteiger partial charge in [-0.15, -0.1) is 0 Å². The number of nitrogens with zero attached hydrogens (tertiary/aromatic N) is 3. The fourth-order valence-corrected chi connectivity index (χ4v) is 5.02. The molecule has 4 aromatic rings. The number of morpholine rings is 1. The second-order valence-electron chi connectivity index (χ2n) is 9.54. The highest BCUT2D eigenvalue weighted by molar-refractivity contribution is 5.97. The molecule has 4 heterocycles. The molecule has 1 amide bonds. The van der Waals surface area contributed by atoms with Gasteiger partial charge < -0.3 is 24.1 Å². The molecule has 2 saturated heterocycles. The lowest BCUT2D eigenvalue weighted by molar-refractivity contribution is 0.0254. The molecule has 2 aromatic heterocycles. The molecule has 0 bridgehead atoms. The van der Waals surface area contributed by atoms with Crippen LogP contribution in [-0.2, 0) is 9.47 Å². The third-order valence-electron chi connectivity index (χ3n) is 7.12. The predicted octanol–water partition coefficient (Wildman–Crippen LogP) is 4.80. The standard InChI is InChI=1S/C30H28N4O4/c31-19-23-17-22(5-6-28(23)38-24-8-13-36-14-9-24)29-25-18-27(33-26(25)7-10-32-29)20-1-3-21(4-2-20)30(35)34-11-15-37-16-12-34/h1-7,10,17-18,24,33H,8-9,11-16H2. The van der Waals surface area contributed by atoms with Gasteiger partial charge in [-0.1, -0.05) is 12.1 Å². The molecule has 8 nitrogen and oxygen atoms in total. The molecule has 0 saturated carbocycles. The van der Waals surface area contributed by atoms with Crippen LogP contribution in [0, 0.1) is 11.3 Å². The zero-order valence-electron chi connectivity index (χ0n) is 21.0. The lowest BCUT2D eigenvalue weighted by atomic mass is 10.0. The number of hydrogen-bond acceptors (Lipinski definition) is 6. The van der Waals surface area contributed by atoms with E-state index in [0.29, 0.717) is 56.4 Å². The number of benzene rings is 2. The van der Waals surface area contributed by atoms with E-state index in [1.165, 1.54) is 0 Å². The molecule has 1 N–H and O–H groups in total. The number of carbonyl (C=O) groups excluding carboxylic acids is 1. The Balaban J connectivity index is 1.27. The number of nitrogens with one attached hydrogen (secondary N) is 1. The van der Waals surface area contributed by atoms with E-state index < -0.39 is 0 Å². The van der Waals surface area contributed by atoms with E-state index in [4.69, 9.17) is 14.2 Å². The maximum absolute atomic E-state index is 12.8. The number of pyridine rings is 1. The smallest absolute Gasteiger partial charge is 0.254 e. The van der Waals surface area contributed by atoms with Crippen molar-refractivity contribution in [2.75, 3.05) is 39.5 Å². The molecule has 6 rings (SSSR count). The van der Waals surface area contributed by atoms with Crippen molar-refractivity contribution >= 4 is 16.8 Å². The summed E-state index contributed by atoms with van der Waals surface area (Å²) in [5.74, 6) is 0.623. The number of hydrogen-bond donors (Lipinski definition) is 1. The van der Waals surface area contributed by atoms with E-state index >= 15 is 0 Å². The summed E-state index contributed by atoms with van der Waals surface area (Å²) >= 11 is 0. The molecular weight excluding hydrogens is 480 g/mol. The quantitative estimate of drug-likeness (QED) is 0.416. The van der Waals surface area contributed by atoms with Gasteiger partial charge in [0.1, 0.15) is 17.9 Å². The first-order valence-corrected chi connectivity index (χ1v) is 12.9. The van der Waals surface area contributed by atoms with Crippen LogP contribution in [0.5, 0.6) is 5.75 Å². The Hall–Kier alpha value is -4.19. The minimum atomic E-state index is 0.0283. The van der Waals surface area contributed by atoms with E-state index in [0.717, 1.165) is 46.3 Å². The number of rotatable bonds is 5. The summed E-state index contributed by atoms with van der Waals surface area (Å²) in [5.41, 5.74) is 5.65. The van der Waals surface area contributed by atoms with Crippen LogP contribution < -0.4 is 4.74 Å². The van der Waals surface area contributed by atoms with Gasteiger partial charge >= 0.3 is 0 Å². The summed E-state index contributed by atoms with van der Waals surface area (Å²) in [5, 5.41) is 10.8. The van der Waals surface area contributed by atoms with Crippen LogP contribution in [0.25, 0.3) is 33.4 Å². The molecule has 0 atom stereocenters. The lowest BCUT2D eigenvalue weighted by Crippen LogP contribution is -2.40. The van der Waals surface area contributed by atoms with Gasteiger partial charge in [0.2, 0.25) is 0 Å². The van der Waals surface area contributed by atoms with Crippen molar-refractivity contribution in [3.05, 3.63) is 71.9 Å². The molecule has 2 fully saturated rings. The van der Waals surface area contributed by atoms with Gasteiger partial charge in [-0.05, 0) is 48.0 Å². The number of fused-ring (bicyclic) bond motifs is 1. The normalized spacial score (nSPS) is 16.3. The Kier molecular flexibility index (Phi) is 6.78. The van der Waals surface area contributed by atoms with Gasteiger partial charge in [0.25, 0.3) is 5.91 Å². The molecule has 0 unspecified atom stereocenters. The van der Waals surface area contributed by atoms with E-state index in [1.54, 1.807) is 6.20 Å². The number of H-pyrrole nitrogens is 1. The highest BCUT2D eigenvalue weighted by Crippen LogP contribution is 2.33. The summed E-state index contributed by atoms with van der Waals surface area (Å²) in [6.07, 6.45) is 3.47. The first-order valence-electron chi connectivity index (χ1n) is 12.9. The Morgan fingerprint density at radius 1 is 0.974 bits per heavy atom. The van der Waals surface area contributed by atoms with Gasteiger partial charge in [-0.25, -0.2) is 0 Å².